The highest BCUT2D eigenvalue weighted by molar-refractivity contribution is 5.42. The topological polar surface area (TPSA) is 81.3 Å². The second kappa shape index (κ2) is 5.14. The van der Waals surface area contributed by atoms with E-state index >= 15 is 0 Å². The van der Waals surface area contributed by atoms with Gasteiger partial charge in [0.25, 0.3) is 5.89 Å². The second-order valence-electron chi connectivity index (χ2n) is 5.12. The lowest BCUT2D eigenvalue weighted by atomic mass is 10.0. The fraction of sp³-hybridized carbons (Fsp3) is 0.538. The average Bonchev–Trinajstić information content (AvgIpc) is 3.09. The van der Waals surface area contributed by atoms with Crippen LogP contribution < -0.4 is 5.73 Å². The van der Waals surface area contributed by atoms with Gasteiger partial charge in [-0.25, -0.2) is 0 Å². The fourth-order valence-corrected chi connectivity index (χ4v) is 2.44. The molecule has 19 heavy (non-hydrogen) atoms. The lowest BCUT2D eigenvalue weighted by molar-refractivity contribution is 0.276. The summed E-state index contributed by atoms with van der Waals surface area (Å²) in [5.41, 5.74) is 5.93. The molecule has 0 aromatic carbocycles. The average molecular weight is 262 g/mol. The van der Waals surface area contributed by atoms with Crippen LogP contribution in [-0.2, 0) is 6.54 Å². The summed E-state index contributed by atoms with van der Waals surface area (Å²) < 4.78 is 10.8. The van der Waals surface area contributed by atoms with Crippen LogP contribution in [0.1, 0.15) is 19.2 Å². The van der Waals surface area contributed by atoms with Crippen molar-refractivity contribution < 1.29 is 8.83 Å². The first kappa shape index (κ1) is 12.4. The van der Waals surface area contributed by atoms with Crippen molar-refractivity contribution in [3.05, 3.63) is 24.3 Å². The van der Waals surface area contributed by atoms with E-state index in [1.165, 1.54) is 0 Å². The van der Waals surface area contributed by atoms with E-state index in [1.807, 2.05) is 0 Å². The SMILES string of the molecule is CC(N)C1CCN(Cc2nnc(-c3ccco3)o2)C1. The van der Waals surface area contributed by atoms with Crippen molar-refractivity contribution in [1.82, 2.24) is 15.1 Å². The first-order valence-corrected chi connectivity index (χ1v) is 6.56. The summed E-state index contributed by atoms with van der Waals surface area (Å²) in [5, 5.41) is 8.05. The minimum atomic E-state index is 0.242. The predicted molar refractivity (Wildman–Crippen MR) is 69.0 cm³/mol. The standard InChI is InChI=1S/C13H18N4O2/c1-9(14)10-4-5-17(7-10)8-12-15-16-13(19-12)11-3-2-6-18-11/h2-3,6,9-10H,4-5,7-8,14H2,1H3. The van der Waals surface area contributed by atoms with E-state index in [4.69, 9.17) is 14.6 Å². The van der Waals surface area contributed by atoms with Crippen molar-refractivity contribution in [2.45, 2.75) is 25.9 Å². The number of hydrogen-bond donors (Lipinski definition) is 1. The van der Waals surface area contributed by atoms with Gasteiger partial charge in [0, 0.05) is 12.6 Å². The molecule has 102 valence electrons. The van der Waals surface area contributed by atoms with Gasteiger partial charge >= 0.3 is 0 Å². The molecule has 0 radical (unpaired) electrons. The van der Waals surface area contributed by atoms with Crippen LogP contribution in [-0.4, -0.2) is 34.2 Å². The highest BCUT2D eigenvalue weighted by atomic mass is 16.4. The van der Waals surface area contributed by atoms with E-state index in [1.54, 1.807) is 18.4 Å². The smallest absolute Gasteiger partial charge is 0.283 e. The molecule has 2 unspecified atom stereocenters. The molecular weight excluding hydrogens is 244 g/mol. The number of nitrogens with zero attached hydrogens (tertiary/aromatic N) is 3. The first-order chi connectivity index (χ1) is 9.22. The summed E-state index contributed by atoms with van der Waals surface area (Å²) in [6, 6.07) is 3.85. The molecule has 6 nitrogen and oxygen atoms in total. The van der Waals surface area contributed by atoms with E-state index in [0.717, 1.165) is 19.5 Å². The van der Waals surface area contributed by atoms with Crippen LogP contribution in [0.4, 0.5) is 0 Å². The van der Waals surface area contributed by atoms with Crippen LogP contribution in [0.25, 0.3) is 11.7 Å². The zero-order valence-electron chi connectivity index (χ0n) is 11.0. The van der Waals surface area contributed by atoms with Crippen LogP contribution in [0.2, 0.25) is 0 Å². The molecule has 6 heteroatoms. The maximum absolute atomic E-state index is 5.93. The molecule has 0 spiro atoms. The maximum Gasteiger partial charge on any atom is 0.283 e. The second-order valence-corrected chi connectivity index (χ2v) is 5.12. The van der Waals surface area contributed by atoms with Gasteiger partial charge in [0.2, 0.25) is 5.89 Å². The molecule has 2 atom stereocenters. The fourth-order valence-electron chi connectivity index (χ4n) is 2.44. The summed E-state index contributed by atoms with van der Waals surface area (Å²) in [4.78, 5) is 2.30. The van der Waals surface area contributed by atoms with Crippen molar-refractivity contribution in [2.24, 2.45) is 11.7 Å². The predicted octanol–water partition coefficient (Wildman–Crippen LogP) is 1.50. The molecule has 0 saturated carbocycles. The Morgan fingerprint density at radius 1 is 1.53 bits per heavy atom. The van der Waals surface area contributed by atoms with Gasteiger partial charge in [-0.1, -0.05) is 0 Å². The van der Waals surface area contributed by atoms with Crippen molar-refractivity contribution >= 4 is 0 Å². The summed E-state index contributed by atoms with van der Waals surface area (Å²) in [6.45, 7) is 4.77. The normalized spacial score (nSPS) is 21.9. The molecule has 2 aromatic rings. The Morgan fingerprint density at radius 2 is 2.42 bits per heavy atom. The highest BCUT2D eigenvalue weighted by Crippen LogP contribution is 2.22. The lowest BCUT2D eigenvalue weighted by Gasteiger charge is -2.15. The molecule has 1 saturated heterocycles. The van der Waals surface area contributed by atoms with E-state index in [0.29, 0.717) is 30.0 Å². The molecule has 0 bridgehead atoms. The molecule has 0 aliphatic carbocycles. The third-order valence-corrected chi connectivity index (χ3v) is 3.61. The van der Waals surface area contributed by atoms with Gasteiger partial charge in [-0.05, 0) is 37.9 Å². The summed E-state index contributed by atoms with van der Waals surface area (Å²) >= 11 is 0. The molecule has 0 amide bonds. The van der Waals surface area contributed by atoms with Gasteiger partial charge in [0.15, 0.2) is 5.76 Å². The third-order valence-electron chi connectivity index (χ3n) is 3.61. The Morgan fingerprint density at radius 3 is 3.11 bits per heavy atom. The van der Waals surface area contributed by atoms with Gasteiger partial charge in [0.05, 0.1) is 12.8 Å². The van der Waals surface area contributed by atoms with Crippen LogP contribution in [0, 0.1) is 5.92 Å². The Bertz CT molecular complexity index is 520. The van der Waals surface area contributed by atoms with Gasteiger partial charge in [0.1, 0.15) is 0 Å². The zero-order valence-corrected chi connectivity index (χ0v) is 11.0. The number of likely N-dealkylation sites (tertiary alicyclic amines) is 1. The highest BCUT2D eigenvalue weighted by Gasteiger charge is 2.26. The molecule has 2 N–H and O–H groups in total. The van der Waals surface area contributed by atoms with Crippen molar-refractivity contribution in [2.75, 3.05) is 13.1 Å². The van der Waals surface area contributed by atoms with Crippen LogP contribution in [0.5, 0.6) is 0 Å². The van der Waals surface area contributed by atoms with Gasteiger partial charge in [-0.15, -0.1) is 10.2 Å². The Labute approximate surface area is 111 Å². The first-order valence-electron chi connectivity index (χ1n) is 6.56. The van der Waals surface area contributed by atoms with E-state index in [2.05, 4.69) is 22.0 Å². The maximum atomic E-state index is 5.93. The van der Waals surface area contributed by atoms with Crippen molar-refractivity contribution in [3.8, 4) is 11.7 Å². The number of furan rings is 1. The summed E-state index contributed by atoms with van der Waals surface area (Å²) in [6.07, 6.45) is 2.73. The summed E-state index contributed by atoms with van der Waals surface area (Å²) in [7, 11) is 0. The lowest BCUT2D eigenvalue weighted by Crippen LogP contribution is -2.29. The Balaban J connectivity index is 1.62. The van der Waals surface area contributed by atoms with E-state index in [9.17, 15) is 0 Å². The molecule has 2 aromatic heterocycles. The minimum Gasteiger partial charge on any atom is -0.459 e. The van der Waals surface area contributed by atoms with Crippen LogP contribution >= 0.6 is 0 Å². The molecule has 3 heterocycles. The zero-order chi connectivity index (χ0) is 13.2. The number of rotatable bonds is 4. The minimum absolute atomic E-state index is 0.242. The van der Waals surface area contributed by atoms with Gasteiger partial charge in [-0.3, -0.25) is 4.90 Å². The number of aromatic nitrogens is 2. The monoisotopic (exact) mass is 262 g/mol. The van der Waals surface area contributed by atoms with Gasteiger partial charge < -0.3 is 14.6 Å². The summed E-state index contributed by atoms with van der Waals surface area (Å²) in [5.74, 6) is 2.22. The number of hydrogen-bond acceptors (Lipinski definition) is 6. The Hall–Kier alpha value is -1.66. The van der Waals surface area contributed by atoms with Crippen LogP contribution in [0.15, 0.2) is 27.2 Å². The molecule has 1 fully saturated rings. The van der Waals surface area contributed by atoms with Crippen molar-refractivity contribution in [3.63, 3.8) is 0 Å². The van der Waals surface area contributed by atoms with Gasteiger partial charge in [-0.2, -0.15) is 0 Å². The van der Waals surface area contributed by atoms with E-state index < -0.39 is 0 Å². The quantitative estimate of drug-likeness (QED) is 0.899. The molecule has 1 aliphatic rings. The van der Waals surface area contributed by atoms with Crippen LogP contribution in [0.3, 0.4) is 0 Å². The van der Waals surface area contributed by atoms with E-state index in [-0.39, 0.29) is 6.04 Å². The third kappa shape index (κ3) is 2.69. The largest absolute Gasteiger partial charge is 0.459 e. The molecule has 1 aliphatic heterocycles. The van der Waals surface area contributed by atoms with Crippen molar-refractivity contribution in [1.29, 1.82) is 0 Å². The molecule has 3 rings (SSSR count). The number of nitrogens with two attached hydrogens (primary N) is 1. The molecular formula is C13H18N4O2. The Kier molecular flexibility index (Phi) is 3.35.